The zero-order chi connectivity index (χ0) is 20.7. The van der Waals surface area contributed by atoms with Gasteiger partial charge in [-0.3, -0.25) is 9.59 Å². The molecule has 0 aromatic heterocycles. The molecule has 3 heterocycles. The summed E-state index contributed by atoms with van der Waals surface area (Å²) >= 11 is 0. The molecule has 3 aliphatic heterocycles. The minimum atomic E-state index is -1.38. The van der Waals surface area contributed by atoms with E-state index in [1.54, 1.807) is 36.1 Å². The monoisotopic (exact) mass is 406 g/mol. The normalized spacial score (nSPS) is 37.2. The summed E-state index contributed by atoms with van der Waals surface area (Å²) in [7, 11) is 0. The molecular weight excluding hydrogens is 380 g/mol. The van der Waals surface area contributed by atoms with Gasteiger partial charge in [0.1, 0.15) is 36.1 Å². The Balaban J connectivity index is 1.38. The van der Waals surface area contributed by atoms with E-state index in [1.807, 2.05) is 0 Å². The van der Waals surface area contributed by atoms with E-state index in [4.69, 9.17) is 9.47 Å². The molecule has 4 N–H and O–H groups in total. The highest BCUT2D eigenvalue weighted by molar-refractivity contribution is 5.97. The summed E-state index contributed by atoms with van der Waals surface area (Å²) in [5, 5.41) is 32.5. The molecule has 1 aromatic carbocycles. The van der Waals surface area contributed by atoms with Gasteiger partial charge < -0.3 is 35.0 Å². The van der Waals surface area contributed by atoms with Gasteiger partial charge in [0.15, 0.2) is 0 Å². The average Bonchev–Trinajstić information content (AvgIpc) is 3.20. The first-order valence-electron chi connectivity index (χ1n) is 9.91. The van der Waals surface area contributed by atoms with Gasteiger partial charge in [0.25, 0.3) is 0 Å². The van der Waals surface area contributed by atoms with Crippen LogP contribution in [0, 0.1) is 0 Å². The second-order valence-electron chi connectivity index (χ2n) is 7.90. The molecule has 0 radical (unpaired) electrons. The SMILES string of the molecule is CC1OC(Oc2ccc(CC3NC(=O)C4CCCN4C3=O)cc2)C(O)C(O)C1O. The van der Waals surface area contributed by atoms with Crippen molar-refractivity contribution in [3.63, 3.8) is 0 Å². The number of ether oxygens (including phenoxy) is 2. The van der Waals surface area contributed by atoms with Crippen molar-refractivity contribution in [2.24, 2.45) is 0 Å². The van der Waals surface area contributed by atoms with Crippen LogP contribution in [0.5, 0.6) is 5.75 Å². The van der Waals surface area contributed by atoms with Gasteiger partial charge in [-0.05, 0) is 37.5 Å². The van der Waals surface area contributed by atoms with Gasteiger partial charge in [0.05, 0.1) is 6.10 Å². The Morgan fingerprint density at radius 3 is 2.59 bits per heavy atom. The van der Waals surface area contributed by atoms with Crippen molar-refractivity contribution in [1.82, 2.24) is 10.2 Å². The summed E-state index contributed by atoms with van der Waals surface area (Å²) in [6.07, 6.45) is -3.79. The van der Waals surface area contributed by atoms with Crippen LogP contribution < -0.4 is 10.1 Å². The maximum Gasteiger partial charge on any atom is 0.246 e. The van der Waals surface area contributed by atoms with E-state index in [2.05, 4.69) is 5.32 Å². The molecule has 0 bridgehead atoms. The third-order valence-electron chi connectivity index (χ3n) is 5.88. The zero-order valence-electron chi connectivity index (χ0n) is 16.1. The largest absolute Gasteiger partial charge is 0.462 e. The molecule has 4 rings (SSSR count). The molecular formula is C20H26N2O7. The fourth-order valence-corrected chi connectivity index (χ4v) is 4.16. The second-order valence-corrected chi connectivity index (χ2v) is 7.90. The number of carbonyl (C=O) groups excluding carboxylic acids is 2. The number of hydrogen-bond donors (Lipinski definition) is 4. The first kappa shape index (κ1) is 20.1. The molecule has 3 fully saturated rings. The van der Waals surface area contributed by atoms with Crippen LogP contribution in [0.2, 0.25) is 0 Å². The summed E-state index contributed by atoms with van der Waals surface area (Å²) in [5.74, 6) is 0.269. The number of aliphatic hydroxyl groups is 3. The highest BCUT2D eigenvalue weighted by atomic mass is 16.7. The lowest BCUT2D eigenvalue weighted by Gasteiger charge is -2.38. The van der Waals surface area contributed by atoms with Crippen LogP contribution in [0.4, 0.5) is 0 Å². The Bertz CT molecular complexity index is 771. The van der Waals surface area contributed by atoms with Gasteiger partial charge in [0, 0.05) is 13.0 Å². The Kier molecular flexibility index (Phi) is 5.48. The lowest BCUT2D eigenvalue weighted by molar-refractivity contribution is -0.268. The first-order valence-corrected chi connectivity index (χ1v) is 9.91. The molecule has 3 aliphatic rings. The predicted molar refractivity (Wildman–Crippen MR) is 99.8 cm³/mol. The smallest absolute Gasteiger partial charge is 0.246 e. The third-order valence-corrected chi connectivity index (χ3v) is 5.88. The Labute approximate surface area is 168 Å². The number of piperazine rings is 1. The number of hydrogen-bond acceptors (Lipinski definition) is 7. The van der Waals surface area contributed by atoms with Crippen molar-refractivity contribution in [1.29, 1.82) is 0 Å². The standard InChI is InChI=1S/C20H26N2O7/c1-10-15(23)16(24)17(25)20(28-10)29-12-6-4-11(5-7-12)9-13-19(27)22-8-2-3-14(22)18(26)21-13/h4-7,10,13-17,20,23-25H,2-3,8-9H2,1H3,(H,21,26). The van der Waals surface area contributed by atoms with Crippen molar-refractivity contribution >= 4 is 11.8 Å². The molecule has 3 saturated heterocycles. The van der Waals surface area contributed by atoms with Crippen LogP contribution in [0.25, 0.3) is 0 Å². The van der Waals surface area contributed by atoms with Gasteiger partial charge in [0.2, 0.25) is 18.1 Å². The summed E-state index contributed by atoms with van der Waals surface area (Å²) in [6, 6.07) is 5.98. The predicted octanol–water partition coefficient (Wildman–Crippen LogP) is -1.08. The van der Waals surface area contributed by atoms with Crippen molar-refractivity contribution in [2.75, 3.05) is 6.54 Å². The van der Waals surface area contributed by atoms with Crippen LogP contribution in [-0.2, 0) is 20.7 Å². The van der Waals surface area contributed by atoms with Crippen molar-refractivity contribution < 1.29 is 34.4 Å². The molecule has 7 unspecified atom stereocenters. The van der Waals surface area contributed by atoms with E-state index in [0.717, 1.165) is 18.4 Å². The van der Waals surface area contributed by atoms with Gasteiger partial charge in [-0.15, -0.1) is 0 Å². The molecule has 7 atom stereocenters. The van der Waals surface area contributed by atoms with E-state index in [9.17, 15) is 24.9 Å². The molecule has 0 spiro atoms. The summed E-state index contributed by atoms with van der Waals surface area (Å²) in [5.41, 5.74) is 0.850. The van der Waals surface area contributed by atoms with E-state index in [0.29, 0.717) is 18.7 Å². The zero-order valence-corrected chi connectivity index (χ0v) is 16.1. The van der Waals surface area contributed by atoms with Crippen LogP contribution in [0.1, 0.15) is 25.3 Å². The van der Waals surface area contributed by atoms with Crippen LogP contribution >= 0.6 is 0 Å². The molecule has 1 aromatic rings. The number of rotatable bonds is 4. The number of nitrogens with one attached hydrogen (secondary N) is 1. The topological polar surface area (TPSA) is 129 Å². The van der Waals surface area contributed by atoms with Gasteiger partial charge in [-0.25, -0.2) is 0 Å². The van der Waals surface area contributed by atoms with Crippen LogP contribution in [0.15, 0.2) is 24.3 Å². The highest BCUT2D eigenvalue weighted by Gasteiger charge is 2.44. The average molecular weight is 406 g/mol. The Morgan fingerprint density at radius 2 is 1.86 bits per heavy atom. The van der Waals surface area contributed by atoms with E-state index < -0.39 is 36.7 Å². The molecule has 2 amide bonds. The Morgan fingerprint density at radius 1 is 1.14 bits per heavy atom. The quantitative estimate of drug-likeness (QED) is 0.501. The fraction of sp³-hybridized carbons (Fsp3) is 0.600. The number of benzene rings is 1. The minimum Gasteiger partial charge on any atom is -0.462 e. The number of nitrogens with zero attached hydrogens (tertiary/aromatic N) is 1. The van der Waals surface area contributed by atoms with Crippen molar-refractivity contribution in [3.05, 3.63) is 29.8 Å². The molecule has 0 saturated carbocycles. The minimum absolute atomic E-state index is 0.0484. The number of fused-ring (bicyclic) bond motifs is 1. The van der Waals surface area contributed by atoms with Gasteiger partial charge in [-0.1, -0.05) is 12.1 Å². The molecule has 158 valence electrons. The van der Waals surface area contributed by atoms with Crippen LogP contribution in [-0.4, -0.2) is 81.4 Å². The van der Waals surface area contributed by atoms with Gasteiger partial charge >= 0.3 is 0 Å². The maximum absolute atomic E-state index is 12.6. The second kappa shape index (κ2) is 7.91. The van der Waals surface area contributed by atoms with Gasteiger partial charge in [-0.2, -0.15) is 0 Å². The van der Waals surface area contributed by atoms with E-state index in [-0.39, 0.29) is 17.9 Å². The molecule has 9 nitrogen and oxygen atoms in total. The lowest BCUT2D eigenvalue weighted by Crippen LogP contribution is -2.61. The van der Waals surface area contributed by atoms with Crippen LogP contribution in [0.3, 0.4) is 0 Å². The highest BCUT2D eigenvalue weighted by Crippen LogP contribution is 2.26. The third kappa shape index (κ3) is 3.83. The van der Waals surface area contributed by atoms with Crippen molar-refractivity contribution in [3.8, 4) is 5.75 Å². The lowest BCUT2D eigenvalue weighted by atomic mass is 10.00. The maximum atomic E-state index is 12.6. The van der Waals surface area contributed by atoms with E-state index in [1.165, 1.54) is 0 Å². The molecule has 9 heteroatoms. The summed E-state index contributed by atoms with van der Waals surface area (Å²) in [4.78, 5) is 26.5. The van der Waals surface area contributed by atoms with E-state index >= 15 is 0 Å². The molecule has 0 aliphatic carbocycles. The number of carbonyl (C=O) groups is 2. The number of aliphatic hydroxyl groups excluding tert-OH is 3. The first-order chi connectivity index (χ1) is 13.8. The fourth-order valence-electron chi connectivity index (χ4n) is 4.16. The number of amides is 2. The molecule has 29 heavy (non-hydrogen) atoms. The Hall–Kier alpha value is -2.20. The van der Waals surface area contributed by atoms with Crippen molar-refractivity contribution in [2.45, 2.75) is 69.0 Å². The summed E-state index contributed by atoms with van der Waals surface area (Å²) in [6.45, 7) is 2.21. The summed E-state index contributed by atoms with van der Waals surface area (Å²) < 4.78 is 11.0.